The van der Waals surface area contributed by atoms with Crippen LogP contribution in [0.2, 0.25) is 15.1 Å². The number of para-hydroxylation sites is 1. The molecule has 0 radical (unpaired) electrons. The summed E-state index contributed by atoms with van der Waals surface area (Å²) in [5, 5.41) is 9.40. The van der Waals surface area contributed by atoms with E-state index >= 15 is 0 Å². The predicted octanol–water partition coefficient (Wildman–Crippen LogP) is 6.55. The van der Waals surface area contributed by atoms with Gasteiger partial charge in [-0.05, 0) is 41.8 Å². The maximum atomic E-state index is 12.9. The second-order valence-corrected chi connectivity index (χ2v) is 10.1. The van der Waals surface area contributed by atoms with Gasteiger partial charge in [-0.15, -0.1) is 0 Å². The number of fused-ring (bicyclic) bond motifs is 1. The van der Waals surface area contributed by atoms with Gasteiger partial charge in [-0.3, -0.25) is 9.59 Å². The average Bonchev–Trinajstić information content (AvgIpc) is 3.21. The molecule has 1 unspecified atom stereocenters. The Bertz CT molecular complexity index is 1480. The van der Waals surface area contributed by atoms with Crippen LogP contribution >= 0.6 is 34.8 Å². The average molecular weight is 556 g/mol. The number of amides is 2. The van der Waals surface area contributed by atoms with E-state index < -0.39 is 17.9 Å². The fourth-order valence-corrected chi connectivity index (χ4v) is 4.67. The van der Waals surface area contributed by atoms with Crippen molar-refractivity contribution in [2.75, 3.05) is 0 Å². The second kappa shape index (κ2) is 11.8. The maximum Gasteiger partial charge on any atom is 0.262 e. The van der Waals surface area contributed by atoms with E-state index in [0.29, 0.717) is 27.2 Å². The lowest BCUT2D eigenvalue weighted by Gasteiger charge is -2.20. The maximum absolute atomic E-state index is 12.9. The molecule has 0 aliphatic carbocycles. The van der Waals surface area contributed by atoms with Crippen molar-refractivity contribution in [1.82, 2.24) is 15.3 Å². The molecule has 9 heteroatoms. The van der Waals surface area contributed by atoms with Crippen LogP contribution in [0.3, 0.4) is 0 Å². The molecule has 4 aromatic rings. The van der Waals surface area contributed by atoms with Crippen molar-refractivity contribution in [2.24, 2.45) is 11.0 Å². The van der Waals surface area contributed by atoms with Gasteiger partial charge in [0, 0.05) is 39.3 Å². The van der Waals surface area contributed by atoms with E-state index in [9.17, 15) is 9.59 Å². The molecule has 0 aliphatic heterocycles. The molecule has 0 fully saturated rings. The van der Waals surface area contributed by atoms with Crippen LogP contribution in [-0.4, -0.2) is 28.6 Å². The van der Waals surface area contributed by atoms with Crippen molar-refractivity contribution >= 4 is 63.7 Å². The van der Waals surface area contributed by atoms with Gasteiger partial charge in [0.2, 0.25) is 0 Å². The van der Waals surface area contributed by atoms with Crippen LogP contribution in [-0.2, 0) is 11.3 Å². The Kier molecular flexibility index (Phi) is 8.54. The summed E-state index contributed by atoms with van der Waals surface area (Å²) in [4.78, 5) is 25.6. The highest BCUT2D eigenvalue weighted by Gasteiger charge is 2.25. The first-order valence-electron chi connectivity index (χ1n) is 11.6. The van der Waals surface area contributed by atoms with E-state index in [1.165, 1.54) is 0 Å². The third kappa shape index (κ3) is 6.34. The molecule has 3 aromatic carbocycles. The van der Waals surface area contributed by atoms with Gasteiger partial charge in [-0.25, -0.2) is 5.43 Å². The summed E-state index contributed by atoms with van der Waals surface area (Å²) < 4.78 is 2.06. The molecule has 1 aromatic heterocycles. The molecule has 1 heterocycles. The molecule has 0 spiro atoms. The summed E-state index contributed by atoms with van der Waals surface area (Å²) >= 11 is 18.6. The number of carbonyl (C=O) groups excluding carboxylic acids is 2. The van der Waals surface area contributed by atoms with Gasteiger partial charge < -0.3 is 9.88 Å². The second-order valence-electron chi connectivity index (χ2n) is 8.87. The zero-order chi connectivity index (χ0) is 26.5. The highest BCUT2D eigenvalue weighted by atomic mass is 35.5. The van der Waals surface area contributed by atoms with E-state index in [2.05, 4.69) is 20.4 Å². The SMILES string of the molecule is CC(C)C(NC(=O)c1ccccc1Cl)C(=O)N/N=C\c1cn(Cc2ccc(Cl)cc2Cl)c2ccccc12. The number of halogens is 3. The minimum absolute atomic E-state index is 0.173. The predicted molar refractivity (Wildman–Crippen MR) is 151 cm³/mol. The molecule has 0 aliphatic rings. The minimum atomic E-state index is -0.797. The van der Waals surface area contributed by atoms with E-state index in [-0.39, 0.29) is 5.92 Å². The first kappa shape index (κ1) is 26.7. The molecular formula is C28H25Cl3N4O2. The third-order valence-corrected chi connectivity index (χ3v) is 6.82. The van der Waals surface area contributed by atoms with Crippen molar-refractivity contribution in [2.45, 2.75) is 26.4 Å². The number of hydrogen-bond acceptors (Lipinski definition) is 3. The number of hydrazone groups is 1. The number of benzene rings is 3. The lowest BCUT2D eigenvalue weighted by atomic mass is 10.0. The van der Waals surface area contributed by atoms with Gasteiger partial charge in [-0.2, -0.15) is 5.10 Å². The Morgan fingerprint density at radius 3 is 2.43 bits per heavy atom. The smallest absolute Gasteiger partial charge is 0.262 e. The summed E-state index contributed by atoms with van der Waals surface area (Å²) in [6, 6.07) is 19.2. The van der Waals surface area contributed by atoms with Crippen LogP contribution in [0.1, 0.15) is 35.3 Å². The molecule has 37 heavy (non-hydrogen) atoms. The van der Waals surface area contributed by atoms with Gasteiger partial charge in [-0.1, -0.05) is 85.0 Å². The highest BCUT2D eigenvalue weighted by molar-refractivity contribution is 6.35. The van der Waals surface area contributed by atoms with Crippen LogP contribution in [0.15, 0.2) is 78.0 Å². The summed E-state index contributed by atoms with van der Waals surface area (Å²) in [5.74, 6) is -1.02. The normalized spacial score (nSPS) is 12.3. The van der Waals surface area contributed by atoms with Crippen LogP contribution in [0.4, 0.5) is 0 Å². The first-order chi connectivity index (χ1) is 17.7. The minimum Gasteiger partial charge on any atom is -0.342 e. The molecule has 4 rings (SSSR count). The van der Waals surface area contributed by atoms with Crippen LogP contribution in [0.5, 0.6) is 0 Å². The number of rotatable bonds is 8. The summed E-state index contributed by atoms with van der Waals surface area (Å²) in [6.07, 6.45) is 3.54. The highest BCUT2D eigenvalue weighted by Crippen LogP contribution is 2.25. The lowest BCUT2D eigenvalue weighted by molar-refractivity contribution is -0.123. The Balaban J connectivity index is 1.50. The number of nitrogens with one attached hydrogen (secondary N) is 2. The molecule has 190 valence electrons. The number of carbonyl (C=O) groups is 2. The quantitative estimate of drug-likeness (QED) is 0.191. The van der Waals surface area contributed by atoms with Gasteiger partial charge in [0.1, 0.15) is 6.04 Å². The molecule has 0 saturated carbocycles. The zero-order valence-corrected chi connectivity index (χ0v) is 22.5. The fraction of sp³-hybridized carbons (Fsp3) is 0.179. The monoisotopic (exact) mass is 554 g/mol. The Morgan fingerprint density at radius 2 is 1.70 bits per heavy atom. The van der Waals surface area contributed by atoms with Gasteiger partial charge in [0.25, 0.3) is 11.8 Å². The van der Waals surface area contributed by atoms with E-state index in [1.54, 1.807) is 36.5 Å². The Morgan fingerprint density at radius 1 is 0.973 bits per heavy atom. The van der Waals surface area contributed by atoms with Crippen molar-refractivity contribution in [3.05, 3.63) is 105 Å². The number of hydrogen-bond donors (Lipinski definition) is 2. The molecule has 2 amide bonds. The standard InChI is InChI=1S/C28H25Cl3N4O2/c1-17(2)26(33-27(36)22-8-3-5-9-23(22)30)28(37)34-32-14-19-16-35(25-10-6-4-7-21(19)25)15-18-11-12-20(29)13-24(18)31/h3-14,16-17,26H,15H2,1-2H3,(H,33,36)(H,34,37)/b32-14-. The summed E-state index contributed by atoms with van der Waals surface area (Å²) in [6.45, 7) is 4.23. The van der Waals surface area contributed by atoms with Crippen LogP contribution < -0.4 is 10.7 Å². The van der Waals surface area contributed by atoms with Crippen LogP contribution in [0, 0.1) is 5.92 Å². The van der Waals surface area contributed by atoms with E-state index in [0.717, 1.165) is 22.0 Å². The largest absolute Gasteiger partial charge is 0.342 e. The molecule has 1 atom stereocenters. The van der Waals surface area contributed by atoms with Crippen molar-refractivity contribution < 1.29 is 9.59 Å². The lowest BCUT2D eigenvalue weighted by Crippen LogP contribution is -2.48. The zero-order valence-electron chi connectivity index (χ0n) is 20.2. The van der Waals surface area contributed by atoms with E-state index in [4.69, 9.17) is 34.8 Å². The van der Waals surface area contributed by atoms with Crippen LogP contribution in [0.25, 0.3) is 10.9 Å². The topological polar surface area (TPSA) is 75.5 Å². The van der Waals surface area contributed by atoms with Crippen molar-refractivity contribution in [3.8, 4) is 0 Å². The Labute approximate surface area is 230 Å². The van der Waals surface area contributed by atoms with Gasteiger partial charge in [0.05, 0.1) is 16.8 Å². The third-order valence-electron chi connectivity index (χ3n) is 5.91. The molecular weight excluding hydrogens is 531 g/mol. The number of nitrogens with zero attached hydrogens (tertiary/aromatic N) is 2. The molecule has 0 bridgehead atoms. The fourth-order valence-electron chi connectivity index (χ4n) is 3.98. The summed E-state index contributed by atoms with van der Waals surface area (Å²) in [5.41, 5.74) is 5.61. The van der Waals surface area contributed by atoms with Gasteiger partial charge in [0.15, 0.2) is 0 Å². The Hall–Kier alpha value is -3.32. The summed E-state index contributed by atoms with van der Waals surface area (Å²) in [7, 11) is 0. The van der Waals surface area contributed by atoms with Crippen molar-refractivity contribution in [1.29, 1.82) is 0 Å². The molecule has 0 saturated heterocycles. The number of aromatic nitrogens is 1. The molecule has 6 nitrogen and oxygen atoms in total. The first-order valence-corrected chi connectivity index (χ1v) is 12.8. The van der Waals surface area contributed by atoms with Gasteiger partial charge >= 0.3 is 0 Å². The molecule has 2 N–H and O–H groups in total. The van der Waals surface area contributed by atoms with Crippen molar-refractivity contribution in [3.63, 3.8) is 0 Å². The van der Waals surface area contributed by atoms with E-state index in [1.807, 2.05) is 56.4 Å².